The van der Waals surface area contributed by atoms with Crippen molar-refractivity contribution in [3.8, 4) is 0 Å². The Labute approximate surface area is 99.0 Å². The number of nitrogens with zero attached hydrogens (tertiary/aromatic N) is 1. The molecule has 1 atom stereocenters. The monoisotopic (exact) mass is 234 g/mol. The maximum absolute atomic E-state index is 11.7. The summed E-state index contributed by atoms with van der Waals surface area (Å²) in [4.78, 5) is 24.1. The molecular formula is C12H14N2O3. The second-order valence-corrected chi connectivity index (χ2v) is 4.09. The van der Waals surface area contributed by atoms with E-state index in [4.69, 9.17) is 5.11 Å². The van der Waals surface area contributed by atoms with E-state index in [9.17, 15) is 9.59 Å². The summed E-state index contributed by atoms with van der Waals surface area (Å²) in [6, 6.07) is 6.32. The molecule has 0 aromatic heterocycles. The molecule has 1 fully saturated rings. The Hall–Kier alpha value is -2.04. The highest BCUT2D eigenvalue weighted by Gasteiger charge is 2.25. The molecule has 0 radical (unpaired) electrons. The highest BCUT2D eigenvalue weighted by atomic mass is 16.4. The number of carbonyl (C=O) groups excluding carboxylic acids is 1. The molecule has 1 unspecified atom stereocenters. The van der Waals surface area contributed by atoms with Crippen LogP contribution in [-0.2, 0) is 0 Å². The molecule has 90 valence electrons. The first-order valence-corrected chi connectivity index (χ1v) is 5.50. The van der Waals surface area contributed by atoms with Crippen molar-refractivity contribution in [2.24, 2.45) is 0 Å². The van der Waals surface area contributed by atoms with Gasteiger partial charge in [0.2, 0.25) is 0 Å². The second-order valence-electron chi connectivity index (χ2n) is 4.09. The van der Waals surface area contributed by atoms with Gasteiger partial charge in [-0.15, -0.1) is 0 Å². The zero-order valence-corrected chi connectivity index (χ0v) is 9.51. The highest BCUT2D eigenvalue weighted by molar-refractivity contribution is 5.94. The first-order valence-electron chi connectivity index (χ1n) is 5.50. The predicted octanol–water partition coefficient (Wildman–Crippen LogP) is 1.69. The Kier molecular flexibility index (Phi) is 2.99. The Morgan fingerprint density at radius 1 is 1.41 bits per heavy atom. The fraction of sp³-hybridized carbons (Fsp3) is 0.333. The minimum Gasteiger partial charge on any atom is -0.478 e. The lowest BCUT2D eigenvalue weighted by atomic mass is 10.1. The summed E-state index contributed by atoms with van der Waals surface area (Å²) >= 11 is 0. The molecule has 0 spiro atoms. The van der Waals surface area contributed by atoms with Gasteiger partial charge in [-0.1, -0.05) is 0 Å². The summed E-state index contributed by atoms with van der Waals surface area (Å²) in [5.41, 5.74) is 0.943. The maximum atomic E-state index is 11.7. The van der Waals surface area contributed by atoms with E-state index < -0.39 is 5.97 Å². The third-order valence-corrected chi connectivity index (χ3v) is 2.89. The van der Waals surface area contributed by atoms with Crippen LogP contribution < -0.4 is 10.2 Å². The molecule has 0 aliphatic carbocycles. The largest absolute Gasteiger partial charge is 0.478 e. The van der Waals surface area contributed by atoms with Crippen molar-refractivity contribution in [1.82, 2.24) is 5.32 Å². The molecule has 1 aliphatic heterocycles. The topological polar surface area (TPSA) is 69.6 Å². The van der Waals surface area contributed by atoms with E-state index in [-0.39, 0.29) is 17.6 Å². The summed E-state index contributed by atoms with van der Waals surface area (Å²) in [7, 11) is 0. The van der Waals surface area contributed by atoms with Crippen molar-refractivity contribution in [2.75, 3.05) is 11.4 Å². The normalized spacial score (nSPS) is 19.9. The molecule has 1 saturated heterocycles. The number of carbonyl (C=O) groups is 2. The zero-order chi connectivity index (χ0) is 12.4. The lowest BCUT2D eigenvalue weighted by molar-refractivity contribution is 0.0697. The summed E-state index contributed by atoms with van der Waals surface area (Å²) in [5, 5.41) is 11.6. The van der Waals surface area contributed by atoms with E-state index in [1.165, 1.54) is 12.1 Å². The average Bonchev–Trinajstić information content (AvgIpc) is 2.29. The standard InChI is InChI=1S/C12H14N2O3/c1-8-6-7-13-12(17)14(8)10-4-2-9(3-5-10)11(15)16/h2-5,8H,6-7H2,1H3,(H,13,17)(H,15,16). The number of hydrogen-bond acceptors (Lipinski definition) is 2. The van der Waals surface area contributed by atoms with E-state index in [0.717, 1.165) is 12.1 Å². The Bertz CT molecular complexity index is 442. The number of carboxylic acids is 1. The van der Waals surface area contributed by atoms with E-state index in [1.807, 2.05) is 6.92 Å². The number of aromatic carboxylic acids is 1. The van der Waals surface area contributed by atoms with Gasteiger partial charge < -0.3 is 10.4 Å². The van der Waals surface area contributed by atoms with Crippen LogP contribution in [0.2, 0.25) is 0 Å². The first-order chi connectivity index (χ1) is 8.09. The molecule has 5 nitrogen and oxygen atoms in total. The molecule has 1 aliphatic rings. The molecule has 2 amide bonds. The van der Waals surface area contributed by atoms with Gasteiger partial charge >= 0.3 is 12.0 Å². The van der Waals surface area contributed by atoms with Gasteiger partial charge in [-0.05, 0) is 37.6 Å². The number of anilines is 1. The summed E-state index contributed by atoms with van der Waals surface area (Å²) in [6.07, 6.45) is 0.881. The molecule has 5 heteroatoms. The number of nitrogens with one attached hydrogen (secondary N) is 1. The van der Waals surface area contributed by atoms with Crippen molar-refractivity contribution < 1.29 is 14.7 Å². The molecule has 1 aromatic carbocycles. The molecule has 2 rings (SSSR count). The van der Waals surface area contributed by atoms with Gasteiger partial charge in [0, 0.05) is 18.3 Å². The highest BCUT2D eigenvalue weighted by Crippen LogP contribution is 2.21. The second kappa shape index (κ2) is 4.45. The van der Waals surface area contributed by atoms with E-state index in [0.29, 0.717) is 6.54 Å². The Balaban J connectivity index is 2.26. The van der Waals surface area contributed by atoms with Crippen LogP contribution in [0.1, 0.15) is 23.7 Å². The molecule has 1 aromatic rings. The molecule has 0 bridgehead atoms. The number of amides is 2. The van der Waals surface area contributed by atoms with Gasteiger partial charge in [0.05, 0.1) is 5.56 Å². The third kappa shape index (κ3) is 2.22. The van der Waals surface area contributed by atoms with Gasteiger partial charge in [0.15, 0.2) is 0 Å². The van der Waals surface area contributed by atoms with Crippen LogP contribution in [0.4, 0.5) is 10.5 Å². The van der Waals surface area contributed by atoms with Gasteiger partial charge in [-0.3, -0.25) is 4.90 Å². The van der Waals surface area contributed by atoms with Gasteiger partial charge in [0.1, 0.15) is 0 Å². The van der Waals surface area contributed by atoms with Crippen LogP contribution in [0.25, 0.3) is 0 Å². The van der Waals surface area contributed by atoms with Gasteiger partial charge in [-0.2, -0.15) is 0 Å². The van der Waals surface area contributed by atoms with Crippen molar-refractivity contribution in [2.45, 2.75) is 19.4 Å². The lowest BCUT2D eigenvalue weighted by Crippen LogP contribution is -2.51. The minimum absolute atomic E-state index is 0.124. The van der Waals surface area contributed by atoms with E-state index in [1.54, 1.807) is 17.0 Å². The number of urea groups is 1. The third-order valence-electron chi connectivity index (χ3n) is 2.89. The quantitative estimate of drug-likeness (QED) is 0.818. The number of hydrogen-bond donors (Lipinski definition) is 2. The molecule has 2 N–H and O–H groups in total. The molecule has 0 saturated carbocycles. The Morgan fingerprint density at radius 2 is 2.06 bits per heavy atom. The van der Waals surface area contributed by atoms with Crippen molar-refractivity contribution in [3.05, 3.63) is 29.8 Å². The number of benzene rings is 1. The molecule has 1 heterocycles. The van der Waals surface area contributed by atoms with E-state index >= 15 is 0 Å². The fourth-order valence-electron chi connectivity index (χ4n) is 1.94. The minimum atomic E-state index is -0.965. The predicted molar refractivity (Wildman–Crippen MR) is 63.4 cm³/mol. The van der Waals surface area contributed by atoms with Crippen LogP contribution in [0.15, 0.2) is 24.3 Å². The van der Waals surface area contributed by atoms with Crippen molar-refractivity contribution >= 4 is 17.7 Å². The fourth-order valence-corrected chi connectivity index (χ4v) is 1.94. The summed E-state index contributed by atoms with van der Waals surface area (Å²) < 4.78 is 0. The van der Waals surface area contributed by atoms with Crippen LogP contribution in [0.3, 0.4) is 0 Å². The van der Waals surface area contributed by atoms with E-state index in [2.05, 4.69) is 5.32 Å². The summed E-state index contributed by atoms with van der Waals surface area (Å²) in [6.45, 7) is 2.66. The van der Waals surface area contributed by atoms with Crippen LogP contribution in [0, 0.1) is 0 Å². The SMILES string of the molecule is CC1CCNC(=O)N1c1ccc(C(=O)O)cc1. The zero-order valence-electron chi connectivity index (χ0n) is 9.51. The number of carboxylic acid groups (broad SMARTS) is 1. The van der Waals surface area contributed by atoms with Gasteiger partial charge in [-0.25, -0.2) is 9.59 Å². The van der Waals surface area contributed by atoms with Crippen molar-refractivity contribution in [3.63, 3.8) is 0 Å². The summed E-state index contributed by atoms with van der Waals surface area (Å²) in [5.74, 6) is -0.965. The average molecular weight is 234 g/mol. The maximum Gasteiger partial charge on any atom is 0.335 e. The first kappa shape index (κ1) is 11.4. The molecule has 17 heavy (non-hydrogen) atoms. The lowest BCUT2D eigenvalue weighted by Gasteiger charge is -2.33. The molecular weight excluding hydrogens is 220 g/mol. The van der Waals surface area contributed by atoms with Crippen LogP contribution in [-0.4, -0.2) is 29.7 Å². The van der Waals surface area contributed by atoms with Crippen LogP contribution in [0.5, 0.6) is 0 Å². The van der Waals surface area contributed by atoms with Crippen molar-refractivity contribution in [1.29, 1.82) is 0 Å². The Morgan fingerprint density at radius 3 is 2.59 bits per heavy atom. The van der Waals surface area contributed by atoms with Crippen LogP contribution >= 0.6 is 0 Å². The number of rotatable bonds is 2. The van der Waals surface area contributed by atoms with Gasteiger partial charge in [0.25, 0.3) is 0 Å². The smallest absolute Gasteiger partial charge is 0.335 e.